The van der Waals surface area contributed by atoms with Gasteiger partial charge in [-0.1, -0.05) is 182 Å². The Morgan fingerprint density at radius 2 is 0.721 bits per heavy atom. The first-order valence-electron chi connectivity index (χ1n) is 21.3. The van der Waals surface area contributed by atoms with Crippen LogP contribution in [0.25, 0.3) is 66.4 Å². The molecule has 3 aliphatic carbocycles. The van der Waals surface area contributed by atoms with Crippen LogP contribution in [0.5, 0.6) is 11.5 Å². The SMILES string of the molecule is c1cc(-c2ccc3c(c2)C2(c4ccccc4O3)c3ccccc3-c3ccccc32)cc(-c2cccc3c2-c2ccccc2C32c3ccccc3-c3cc4ccccc4cc32)c1. The highest BCUT2D eigenvalue weighted by Gasteiger charge is 2.53. The molecule has 1 aliphatic heterocycles. The van der Waals surface area contributed by atoms with E-state index in [-0.39, 0.29) is 0 Å². The average Bonchev–Trinajstić information content (AvgIpc) is 3.91. The summed E-state index contributed by atoms with van der Waals surface area (Å²) in [7, 11) is 0. The van der Waals surface area contributed by atoms with Crippen LogP contribution in [-0.4, -0.2) is 0 Å². The van der Waals surface area contributed by atoms with E-state index in [0.29, 0.717) is 0 Å². The number of rotatable bonds is 2. The van der Waals surface area contributed by atoms with Gasteiger partial charge >= 0.3 is 0 Å². The topological polar surface area (TPSA) is 9.23 Å². The first-order chi connectivity index (χ1) is 30.2. The highest BCUT2D eigenvalue weighted by molar-refractivity contribution is 6.03. The van der Waals surface area contributed by atoms with Gasteiger partial charge in [-0.25, -0.2) is 0 Å². The third-order valence-corrected chi connectivity index (χ3v) is 14.3. The fourth-order valence-corrected chi connectivity index (χ4v) is 12.0. The van der Waals surface area contributed by atoms with Crippen molar-refractivity contribution < 1.29 is 4.74 Å². The van der Waals surface area contributed by atoms with Gasteiger partial charge in [0.05, 0.1) is 10.8 Å². The number of fused-ring (bicyclic) bond motifs is 20. The maximum Gasteiger partial charge on any atom is 0.132 e. The number of hydrogen-bond acceptors (Lipinski definition) is 1. The quantitative estimate of drug-likeness (QED) is 0.170. The number of benzene rings is 10. The van der Waals surface area contributed by atoms with Gasteiger partial charge in [-0.15, -0.1) is 0 Å². The second-order valence-corrected chi connectivity index (χ2v) is 17.0. The maximum atomic E-state index is 6.78. The highest BCUT2D eigenvalue weighted by Crippen LogP contribution is 2.65. The first-order valence-corrected chi connectivity index (χ1v) is 21.3. The molecule has 10 aromatic carbocycles. The molecule has 282 valence electrons. The Kier molecular flexibility index (Phi) is 6.48. The summed E-state index contributed by atoms with van der Waals surface area (Å²) in [6.07, 6.45) is 0. The van der Waals surface area contributed by atoms with E-state index in [1.54, 1.807) is 0 Å². The van der Waals surface area contributed by atoms with Crippen molar-refractivity contribution in [2.24, 2.45) is 0 Å². The molecule has 0 radical (unpaired) electrons. The van der Waals surface area contributed by atoms with E-state index in [9.17, 15) is 0 Å². The van der Waals surface area contributed by atoms with Gasteiger partial charge in [0.1, 0.15) is 11.5 Å². The van der Waals surface area contributed by atoms with E-state index in [4.69, 9.17) is 4.74 Å². The first kappa shape index (κ1) is 33.1. The predicted octanol–water partition coefficient (Wildman–Crippen LogP) is 15.0. The molecule has 0 amide bonds. The Morgan fingerprint density at radius 1 is 0.246 bits per heavy atom. The normalized spacial score (nSPS) is 16.2. The summed E-state index contributed by atoms with van der Waals surface area (Å²) >= 11 is 0. The minimum Gasteiger partial charge on any atom is -0.457 e. The molecule has 14 rings (SSSR count). The Labute approximate surface area is 354 Å². The molecule has 4 aliphatic rings. The van der Waals surface area contributed by atoms with Gasteiger partial charge in [-0.2, -0.15) is 0 Å². The third-order valence-electron chi connectivity index (χ3n) is 14.3. The van der Waals surface area contributed by atoms with Crippen LogP contribution in [0.1, 0.15) is 44.5 Å². The monoisotopic (exact) mass is 772 g/mol. The Bertz CT molecular complexity index is 3490. The zero-order valence-corrected chi connectivity index (χ0v) is 33.2. The van der Waals surface area contributed by atoms with Gasteiger partial charge in [0, 0.05) is 11.1 Å². The van der Waals surface area contributed by atoms with Gasteiger partial charge in [-0.3, -0.25) is 0 Å². The van der Waals surface area contributed by atoms with E-state index >= 15 is 0 Å². The van der Waals surface area contributed by atoms with Crippen molar-refractivity contribution in [3.8, 4) is 67.1 Å². The Morgan fingerprint density at radius 3 is 1.44 bits per heavy atom. The van der Waals surface area contributed by atoms with Gasteiger partial charge in [0.25, 0.3) is 0 Å². The van der Waals surface area contributed by atoms with Crippen LogP contribution >= 0.6 is 0 Å². The molecule has 0 saturated carbocycles. The molecule has 1 atom stereocenters. The molecule has 1 unspecified atom stereocenters. The molecule has 2 spiro atoms. The summed E-state index contributed by atoms with van der Waals surface area (Å²) in [6.45, 7) is 0. The molecular weight excluding hydrogens is 737 g/mol. The zero-order valence-electron chi connectivity index (χ0n) is 33.2. The third kappa shape index (κ3) is 4.11. The Balaban J connectivity index is 0.976. The fourth-order valence-electron chi connectivity index (χ4n) is 12.0. The van der Waals surface area contributed by atoms with Crippen molar-refractivity contribution in [1.82, 2.24) is 0 Å². The number of hydrogen-bond donors (Lipinski definition) is 0. The van der Waals surface area contributed by atoms with Crippen molar-refractivity contribution in [2.75, 3.05) is 0 Å². The van der Waals surface area contributed by atoms with Crippen LogP contribution in [0.3, 0.4) is 0 Å². The molecule has 0 bridgehead atoms. The fraction of sp³-hybridized carbons (Fsp3) is 0.0333. The van der Waals surface area contributed by atoms with Gasteiger partial charge in [0.15, 0.2) is 0 Å². The molecule has 0 aromatic heterocycles. The molecule has 1 heterocycles. The Hall–Kier alpha value is -7.74. The van der Waals surface area contributed by atoms with Gasteiger partial charge < -0.3 is 4.74 Å². The lowest BCUT2D eigenvalue weighted by molar-refractivity contribution is 0.436. The maximum absolute atomic E-state index is 6.78. The summed E-state index contributed by atoms with van der Waals surface area (Å²) in [5.41, 5.74) is 22.1. The largest absolute Gasteiger partial charge is 0.457 e. The summed E-state index contributed by atoms with van der Waals surface area (Å²) in [4.78, 5) is 0. The summed E-state index contributed by atoms with van der Waals surface area (Å²) < 4.78 is 6.78. The van der Waals surface area contributed by atoms with E-state index < -0.39 is 10.8 Å². The van der Waals surface area contributed by atoms with E-state index in [1.807, 2.05) is 0 Å². The minimum absolute atomic E-state index is 0.424. The number of para-hydroxylation sites is 1. The van der Waals surface area contributed by atoms with Crippen LogP contribution in [-0.2, 0) is 10.8 Å². The van der Waals surface area contributed by atoms with E-state index in [0.717, 1.165) is 11.5 Å². The molecule has 1 nitrogen and oxygen atoms in total. The molecule has 10 aromatic rings. The molecular formula is C60H36O. The van der Waals surface area contributed by atoms with E-state index in [2.05, 4.69) is 218 Å². The minimum atomic E-state index is -0.511. The lowest BCUT2D eigenvalue weighted by Crippen LogP contribution is -2.32. The second kappa shape index (κ2) is 11.9. The van der Waals surface area contributed by atoms with Crippen LogP contribution < -0.4 is 4.74 Å². The lowest BCUT2D eigenvalue weighted by atomic mass is 9.66. The van der Waals surface area contributed by atoms with Crippen molar-refractivity contribution >= 4 is 10.8 Å². The zero-order chi connectivity index (χ0) is 39.9. The molecule has 0 saturated heterocycles. The van der Waals surface area contributed by atoms with Crippen LogP contribution in [0.15, 0.2) is 218 Å². The van der Waals surface area contributed by atoms with E-state index in [1.165, 1.54) is 111 Å². The highest BCUT2D eigenvalue weighted by atomic mass is 16.5. The average molecular weight is 773 g/mol. The standard InChI is InChI=1S/C60H36O/c1-2-16-39-35-54-47(34-38(39)15-1)45-21-5-9-26-50(45)60(54)51-27-10-6-22-46(51)58-42(23-14-29-53(58)60)41-18-13-17-37(33-41)40-31-32-57-55(36-40)59(52-28-11-12-30-56(52)61-57)48-24-7-3-19-43(48)44-20-4-8-25-49(44)59/h1-36H. The lowest BCUT2D eigenvalue weighted by Gasteiger charge is -2.39. The van der Waals surface area contributed by atoms with Crippen LogP contribution in [0.2, 0.25) is 0 Å². The predicted molar refractivity (Wildman–Crippen MR) is 248 cm³/mol. The number of ether oxygens (including phenoxy) is 1. The second-order valence-electron chi connectivity index (χ2n) is 17.0. The summed E-state index contributed by atoms with van der Waals surface area (Å²) in [6, 6.07) is 81.4. The smallest absolute Gasteiger partial charge is 0.132 e. The van der Waals surface area contributed by atoms with Crippen molar-refractivity contribution in [2.45, 2.75) is 10.8 Å². The molecule has 1 heteroatoms. The molecule has 0 N–H and O–H groups in total. The molecule has 61 heavy (non-hydrogen) atoms. The summed E-state index contributed by atoms with van der Waals surface area (Å²) in [5, 5.41) is 2.55. The molecule has 0 fully saturated rings. The van der Waals surface area contributed by atoms with Gasteiger partial charge in [-0.05, 0) is 136 Å². The summed E-state index contributed by atoms with van der Waals surface area (Å²) in [5.74, 6) is 1.81. The van der Waals surface area contributed by atoms with Crippen molar-refractivity contribution in [3.05, 3.63) is 263 Å². The van der Waals surface area contributed by atoms with Crippen LogP contribution in [0, 0.1) is 0 Å². The van der Waals surface area contributed by atoms with Crippen molar-refractivity contribution in [1.29, 1.82) is 0 Å². The van der Waals surface area contributed by atoms with Crippen LogP contribution in [0.4, 0.5) is 0 Å². The van der Waals surface area contributed by atoms with Gasteiger partial charge in [0.2, 0.25) is 0 Å². The van der Waals surface area contributed by atoms with Crippen molar-refractivity contribution in [3.63, 3.8) is 0 Å².